The number of allylic oxidation sites excluding steroid dienone is 1. The highest BCUT2D eigenvalue weighted by molar-refractivity contribution is 5.16. The average Bonchev–Trinajstić information content (AvgIpc) is 2.27. The first-order valence-electron chi connectivity index (χ1n) is 5.47. The van der Waals surface area contributed by atoms with E-state index in [1.165, 1.54) is 5.56 Å². The monoisotopic (exact) mass is 204 g/mol. The van der Waals surface area contributed by atoms with Crippen LogP contribution >= 0.6 is 0 Å². The van der Waals surface area contributed by atoms with Crippen LogP contribution in [0.15, 0.2) is 42.5 Å². The van der Waals surface area contributed by atoms with Gasteiger partial charge in [0.15, 0.2) is 0 Å². The van der Waals surface area contributed by atoms with Crippen molar-refractivity contribution >= 4 is 0 Å². The quantitative estimate of drug-likeness (QED) is 0.667. The molecule has 0 N–H and O–H groups in total. The summed E-state index contributed by atoms with van der Waals surface area (Å²) >= 11 is 0. The molecule has 0 aliphatic rings. The third kappa shape index (κ3) is 3.88. The molecule has 2 atom stereocenters. The number of rotatable bonds is 5. The molecule has 0 radical (unpaired) electrons. The van der Waals surface area contributed by atoms with Gasteiger partial charge in [0.25, 0.3) is 0 Å². The maximum atomic E-state index is 5.52. The second-order valence-electron chi connectivity index (χ2n) is 3.85. The van der Waals surface area contributed by atoms with E-state index >= 15 is 0 Å². The molecule has 0 amide bonds. The fourth-order valence-corrected chi connectivity index (χ4v) is 1.76. The molecule has 0 saturated heterocycles. The van der Waals surface area contributed by atoms with Crippen molar-refractivity contribution in [3.63, 3.8) is 0 Å². The van der Waals surface area contributed by atoms with Gasteiger partial charge in [-0.2, -0.15) is 0 Å². The lowest BCUT2D eigenvalue weighted by atomic mass is 9.97. The van der Waals surface area contributed by atoms with E-state index in [9.17, 15) is 0 Å². The van der Waals surface area contributed by atoms with Gasteiger partial charge < -0.3 is 4.74 Å². The molecule has 0 bridgehead atoms. The fraction of sp³-hybridized carbons (Fsp3) is 0.429. The van der Waals surface area contributed by atoms with E-state index in [2.05, 4.69) is 43.3 Å². The molecule has 0 aliphatic heterocycles. The molecule has 0 aromatic heterocycles. The SMILES string of the molecule is CC=C[C@H](C)[C@H](Cc1ccccc1)OC. The Kier molecular flexibility index (Phi) is 5.13. The molecule has 0 aliphatic carbocycles. The summed E-state index contributed by atoms with van der Waals surface area (Å²) in [4.78, 5) is 0. The number of benzene rings is 1. The zero-order chi connectivity index (χ0) is 11.1. The van der Waals surface area contributed by atoms with Gasteiger partial charge in [-0.25, -0.2) is 0 Å². The number of ether oxygens (including phenoxy) is 1. The molecule has 1 aromatic rings. The molecular formula is C14H20O. The van der Waals surface area contributed by atoms with Gasteiger partial charge in [0.05, 0.1) is 6.10 Å². The molecule has 1 rings (SSSR count). The standard InChI is InChI=1S/C14H20O/c1-4-8-12(2)14(15-3)11-13-9-6-5-7-10-13/h4-10,12,14H,11H2,1-3H3/t12-,14-/m0/s1. The Bertz CT molecular complexity index is 289. The van der Waals surface area contributed by atoms with Crippen LogP contribution in [0.3, 0.4) is 0 Å². The Morgan fingerprint density at radius 2 is 1.93 bits per heavy atom. The van der Waals surface area contributed by atoms with Gasteiger partial charge in [-0.15, -0.1) is 0 Å². The second kappa shape index (κ2) is 6.41. The Morgan fingerprint density at radius 1 is 1.27 bits per heavy atom. The summed E-state index contributed by atoms with van der Waals surface area (Å²) in [5, 5.41) is 0. The lowest BCUT2D eigenvalue weighted by molar-refractivity contribution is 0.0746. The van der Waals surface area contributed by atoms with Crippen LogP contribution in [0.5, 0.6) is 0 Å². The lowest BCUT2D eigenvalue weighted by Crippen LogP contribution is -2.21. The smallest absolute Gasteiger partial charge is 0.0671 e. The zero-order valence-electron chi connectivity index (χ0n) is 9.81. The lowest BCUT2D eigenvalue weighted by Gasteiger charge is -2.20. The zero-order valence-corrected chi connectivity index (χ0v) is 9.81. The minimum absolute atomic E-state index is 0.267. The van der Waals surface area contributed by atoms with E-state index in [0.29, 0.717) is 5.92 Å². The van der Waals surface area contributed by atoms with Crippen LogP contribution in [0, 0.1) is 5.92 Å². The molecule has 0 spiro atoms. The van der Waals surface area contributed by atoms with Crippen LogP contribution in [-0.2, 0) is 11.2 Å². The number of hydrogen-bond acceptors (Lipinski definition) is 1. The molecule has 82 valence electrons. The van der Waals surface area contributed by atoms with Crippen LogP contribution in [0.2, 0.25) is 0 Å². The van der Waals surface area contributed by atoms with E-state index in [4.69, 9.17) is 4.74 Å². The summed E-state index contributed by atoms with van der Waals surface area (Å²) in [6.07, 6.45) is 5.52. The summed E-state index contributed by atoms with van der Waals surface area (Å²) < 4.78 is 5.52. The third-order valence-electron chi connectivity index (χ3n) is 2.66. The van der Waals surface area contributed by atoms with Crippen LogP contribution in [0.25, 0.3) is 0 Å². The summed E-state index contributed by atoms with van der Waals surface area (Å²) in [7, 11) is 1.79. The van der Waals surface area contributed by atoms with Gasteiger partial charge >= 0.3 is 0 Å². The molecule has 0 fully saturated rings. The Hall–Kier alpha value is -1.08. The van der Waals surface area contributed by atoms with Crippen molar-refractivity contribution in [1.82, 2.24) is 0 Å². The highest BCUT2D eigenvalue weighted by Crippen LogP contribution is 2.14. The summed E-state index contributed by atoms with van der Waals surface area (Å²) in [6.45, 7) is 4.24. The molecular weight excluding hydrogens is 184 g/mol. The number of hydrogen-bond donors (Lipinski definition) is 0. The predicted octanol–water partition coefficient (Wildman–Crippen LogP) is 3.46. The van der Waals surface area contributed by atoms with Gasteiger partial charge in [-0.3, -0.25) is 0 Å². The van der Waals surface area contributed by atoms with E-state index in [0.717, 1.165) is 6.42 Å². The molecule has 0 unspecified atom stereocenters. The normalized spacial score (nSPS) is 15.4. The first-order chi connectivity index (χ1) is 7.27. The Morgan fingerprint density at radius 3 is 2.47 bits per heavy atom. The summed E-state index contributed by atoms with van der Waals surface area (Å²) in [6, 6.07) is 10.5. The van der Waals surface area contributed by atoms with E-state index in [1.807, 2.05) is 13.0 Å². The fourth-order valence-electron chi connectivity index (χ4n) is 1.76. The van der Waals surface area contributed by atoms with Crippen molar-refractivity contribution in [3.05, 3.63) is 48.0 Å². The minimum Gasteiger partial charge on any atom is -0.381 e. The summed E-state index contributed by atoms with van der Waals surface area (Å²) in [5.41, 5.74) is 1.33. The minimum atomic E-state index is 0.267. The van der Waals surface area contributed by atoms with Crippen molar-refractivity contribution in [2.45, 2.75) is 26.4 Å². The van der Waals surface area contributed by atoms with Crippen molar-refractivity contribution in [3.8, 4) is 0 Å². The van der Waals surface area contributed by atoms with Crippen molar-refractivity contribution in [2.75, 3.05) is 7.11 Å². The molecule has 0 heterocycles. The average molecular weight is 204 g/mol. The van der Waals surface area contributed by atoms with Crippen molar-refractivity contribution in [2.24, 2.45) is 5.92 Å². The van der Waals surface area contributed by atoms with Crippen LogP contribution in [0.1, 0.15) is 19.4 Å². The van der Waals surface area contributed by atoms with Crippen molar-refractivity contribution < 1.29 is 4.74 Å². The van der Waals surface area contributed by atoms with Crippen molar-refractivity contribution in [1.29, 1.82) is 0 Å². The Labute approximate surface area is 92.8 Å². The van der Waals surface area contributed by atoms with Gasteiger partial charge in [-0.05, 0) is 18.9 Å². The maximum Gasteiger partial charge on any atom is 0.0671 e. The first kappa shape index (κ1) is 12.0. The topological polar surface area (TPSA) is 9.23 Å². The van der Waals surface area contributed by atoms with Gasteiger partial charge in [-0.1, -0.05) is 49.4 Å². The Balaban J connectivity index is 2.61. The molecule has 1 aromatic carbocycles. The largest absolute Gasteiger partial charge is 0.381 e. The first-order valence-corrected chi connectivity index (χ1v) is 5.47. The molecule has 1 nitrogen and oxygen atoms in total. The predicted molar refractivity (Wildman–Crippen MR) is 64.9 cm³/mol. The molecule has 1 heteroatoms. The highest BCUT2D eigenvalue weighted by Gasteiger charge is 2.14. The van der Waals surface area contributed by atoms with Crippen LogP contribution in [0.4, 0.5) is 0 Å². The third-order valence-corrected chi connectivity index (χ3v) is 2.66. The molecule has 0 saturated carbocycles. The second-order valence-corrected chi connectivity index (χ2v) is 3.85. The van der Waals surface area contributed by atoms with Gasteiger partial charge in [0.2, 0.25) is 0 Å². The number of methoxy groups -OCH3 is 1. The summed E-state index contributed by atoms with van der Waals surface area (Å²) in [5.74, 6) is 0.459. The van der Waals surface area contributed by atoms with E-state index in [1.54, 1.807) is 7.11 Å². The van der Waals surface area contributed by atoms with E-state index < -0.39 is 0 Å². The van der Waals surface area contributed by atoms with Gasteiger partial charge in [0.1, 0.15) is 0 Å². The maximum absolute atomic E-state index is 5.52. The molecule has 15 heavy (non-hydrogen) atoms. The van der Waals surface area contributed by atoms with Gasteiger partial charge in [0, 0.05) is 13.0 Å². The van der Waals surface area contributed by atoms with Crippen LogP contribution < -0.4 is 0 Å². The van der Waals surface area contributed by atoms with Crippen LogP contribution in [-0.4, -0.2) is 13.2 Å². The highest BCUT2D eigenvalue weighted by atomic mass is 16.5. The van der Waals surface area contributed by atoms with E-state index in [-0.39, 0.29) is 6.10 Å².